The molecule has 0 bridgehead atoms. The molecule has 0 fully saturated rings. The van der Waals surface area contributed by atoms with E-state index in [1.54, 1.807) is 0 Å². The highest BCUT2D eigenvalue weighted by atomic mass is 79.9. The van der Waals surface area contributed by atoms with Gasteiger partial charge in [-0.25, -0.2) is 4.79 Å². The molecule has 0 spiro atoms. The predicted molar refractivity (Wildman–Crippen MR) is 82.1 cm³/mol. The van der Waals surface area contributed by atoms with Crippen molar-refractivity contribution in [2.24, 2.45) is 0 Å². The van der Waals surface area contributed by atoms with Crippen LogP contribution in [-0.4, -0.2) is 36.2 Å². The molecule has 17 heteroatoms. The lowest BCUT2D eigenvalue weighted by Crippen LogP contribution is -2.62. The zero-order valence-electron chi connectivity index (χ0n) is 12.7. The molecule has 0 radical (unpaired) electrons. The van der Waals surface area contributed by atoms with E-state index in [-0.39, 0.29) is 13.4 Å². The molecule has 1 atom stereocenters. The van der Waals surface area contributed by atoms with Gasteiger partial charge in [0.15, 0.2) is 5.75 Å². The van der Waals surface area contributed by atoms with Crippen LogP contribution < -0.4 is 4.74 Å². The molecule has 0 saturated carbocycles. The molecule has 1 aromatic carbocycles. The Labute approximate surface area is 177 Å². The van der Waals surface area contributed by atoms with Crippen molar-refractivity contribution in [1.29, 1.82) is 0 Å². The fraction of sp³-hybridized carbons (Fsp3) is 0.417. The standard InChI is InChI=1S/C12H2Br3F11O3/c13-3-1-4(14)6(5(15)2-3)28-7(27)8(16,10(19,20)21)29-12(25,26)9(17,18)11(22,23)24/h1-2H/t8-/m1/s1. The van der Waals surface area contributed by atoms with Crippen LogP contribution in [0.15, 0.2) is 25.6 Å². The molecule has 1 aromatic rings. The van der Waals surface area contributed by atoms with Gasteiger partial charge in [-0.05, 0) is 44.0 Å². The third kappa shape index (κ3) is 5.15. The van der Waals surface area contributed by atoms with Crippen LogP contribution in [0, 0.1) is 0 Å². The molecule has 0 N–H and O–H groups in total. The van der Waals surface area contributed by atoms with Gasteiger partial charge < -0.3 is 4.74 Å². The third-order valence-corrected chi connectivity index (χ3v) is 4.41. The largest absolute Gasteiger partial charge is 0.462 e. The third-order valence-electron chi connectivity index (χ3n) is 2.78. The molecule has 0 amide bonds. The second-order valence-electron chi connectivity index (χ2n) is 4.87. The van der Waals surface area contributed by atoms with Crippen molar-refractivity contribution in [2.45, 2.75) is 30.2 Å². The van der Waals surface area contributed by atoms with Crippen molar-refractivity contribution in [3.63, 3.8) is 0 Å². The maximum absolute atomic E-state index is 14.1. The van der Waals surface area contributed by atoms with E-state index in [2.05, 4.69) is 57.3 Å². The van der Waals surface area contributed by atoms with E-state index in [4.69, 9.17) is 0 Å². The van der Waals surface area contributed by atoms with E-state index in [0.29, 0.717) is 0 Å². The van der Waals surface area contributed by atoms with E-state index in [9.17, 15) is 53.1 Å². The Morgan fingerprint density at radius 2 is 1.17 bits per heavy atom. The topological polar surface area (TPSA) is 35.5 Å². The van der Waals surface area contributed by atoms with E-state index in [0.717, 1.165) is 12.1 Å². The average molecular weight is 643 g/mol. The smallest absolute Gasteiger partial charge is 0.420 e. The van der Waals surface area contributed by atoms with Crippen molar-refractivity contribution in [2.75, 3.05) is 0 Å². The van der Waals surface area contributed by atoms with E-state index >= 15 is 0 Å². The number of ether oxygens (including phenoxy) is 2. The minimum Gasteiger partial charge on any atom is -0.420 e. The number of carbonyl (C=O) groups is 1. The maximum atomic E-state index is 14.1. The van der Waals surface area contributed by atoms with Crippen LogP contribution in [0.1, 0.15) is 0 Å². The molecular formula is C12H2Br3F11O3. The lowest BCUT2D eigenvalue weighted by Gasteiger charge is -2.33. The molecule has 0 unspecified atom stereocenters. The maximum Gasteiger partial charge on any atom is 0.462 e. The van der Waals surface area contributed by atoms with Gasteiger partial charge in [0.05, 0.1) is 8.95 Å². The van der Waals surface area contributed by atoms with Crippen LogP contribution in [-0.2, 0) is 9.53 Å². The highest BCUT2D eigenvalue weighted by Crippen LogP contribution is 2.51. The van der Waals surface area contributed by atoms with Gasteiger partial charge in [0.25, 0.3) is 0 Å². The van der Waals surface area contributed by atoms with E-state index in [1.807, 2.05) is 0 Å². The van der Waals surface area contributed by atoms with Crippen molar-refractivity contribution in [3.8, 4) is 5.75 Å². The van der Waals surface area contributed by atoms with Gasteiger partial charge in [0.1, 0.15) is 0 Å². The number of hydrogen-bond donors (Lipinski definition) is 0. The Morgan fingerprint density at radius 1 is 0.759 bits per heavy atom. The zero-order valence-corrected chi connectivity index (χ0v) is 17.4. The summed E-state index contributed by atoms with van der Waals surface area (Å²) < 4.78 is 146. The number of halogens is 14. The Morgan fingerprint density at radius 3 is 1.52 bits per heavy atom. The van der Waals surface area contributed by atoms with Crippen LogP contribution >= 0.6 is 47.8 Å². The van der Waals surface area contributed by atoms with Crippen LogP contribution in [0.5, 0.6) is 5.75 Å². The lowest BCUT2D eigenvalue weighted by molar-refractivity contribution is -0.474. The minimum atomic E-state index is -7.29. The van der Waals surface area contributed by atoms with Gasteiger partial charge in [0, 0.05) is 4.47 Å². The first-order valence-corrected chi connectivity index (χ1v) is 8.70. The number of esters is 1. The summed E-state index contributed by atoms with van der Waals surface area (Å²) in [6.07, 6.45) is -21.1. The van der Waals surface area contributed by atoms with Gasteiger partial charge in [-0.3, -0.25) is 4.74 Å². The van der Waals surface area contributed by atoms with Crippen LogP contribution in [0.3, 0.4) is 0 Å². The number of benzene rings is 1. The fourth-order valence-corrected chi connectivity index (χ4v) is 3.83. The Bertz CT molecular complexity index is 771. The van der Waals surface area contributed by atoms with E-state index < -0.39 is 42.0 Å². The highest BCUT2D eigenvalue weighted by Gasteiger charge is 2.80. The number of alkyl halides is 11. The van der Waals surface area contributed by atoms with Crippen molar-refractivity contribution in [3.05, 3.63) is 25.6 Å². The molecule has 0 heterocycles. The molecule has 0 aromatic heterocycles. The van der Waals surface area contributed by atoms with Gasteiger partial charge in [0.2, 0.25) is 0 Å². The molecule has 0 saturated heterocycles. The summed E-state index contributed by atoms with van der Waals surface area (Å²) in [5.41, 5.74) is 0. The number of hydrogen-bond acceptors (Lipinski definition) is 3. The summed E-state index contributed by atoms with van der Waals surface area (Å²) in [6, 6.07) is 2.04. The van der Waals surface area contributed by atoms with E-state index in [1.165, 1.54) is 0 Å². The normalized spacial score (nSPS) is 15.8. The molecule has 0 aliphatic rings. The first-order chi connectivity index (χ1) is 12.7. The molecule has 3 nitrogen and oxygen atoms in total. The summed E-state index contributed by atoms with van der Waals surface area (Å²) >= 11 is 8.22. The molecule has 166 valence electrons. The average Bonchev–Trinajstić information content (AvgIpc) is 2.47. The molecule has 0 aliphatic heterocycles. The van der Waals surface area contributed by atoms with Crippen molar-refractivity contribution < 1.29 is 62.6 Å². The van der Waals surface area contributed by atoms with Crippen LogP contribution in [0.4, 0.5) is 48.3 Å². The Hall–Kier alpha value is -0.680. The summed E-state index contributed by atoms with van der Waals surface area (Å²) in [6.45, 7) is 0. The van der Waals surface area contributed by atoms with Crippen LogP contribution in [0.2, 0.25) is 0 Å². The lowest BCUT2D eigenvalue weighted by atomic mass is 10.2. The quantitative estimate of drug-likeness (QED) is 0.199. The summed E-state index contributed by atoms with van der Waals surface area (Å²) in [7, 11) is 0. The van der Waals surface area contributed by atoms with Gasteiger partial charge in [-0.15, -0.1) is 0 Å². The summed E-state index contributed by atoms with van der Waals surface area (Å²) in [4.78, 5) is 11.6. The summed E-state index contributed by atoms with van der Waals surface area (Å²) in [5.74, 6) is -18.1. The van der Waals surface area contributed by atoms with Gasteiger partial charge in [-0.2, -0.15) is 48.3 Å². The molecule has 1 rings (SSSR count). The molecule has 29 heavy (non-hydrogen) atoms. The Balaban J connectivity index is 3.41. The second kappa shape index (κ2) is 8.11. The van der Waals surface area contributed by atoms with Gasteiger partial charge >= 0.3 is 36.2 Å². The van der Waals surface area contributed by atoms with Crippen LogP contribution in [0.25, 0.3) is 0 Å². The molecular weight excluding hydrogens is 641 g/mol. The SMILES string of the molecule is O=C(Oc1c(Br)cc(Br)cc1Br)[C@@](F)(OC(F)(F)C(F)(F)C(F)(F)F)C(F)(F)F. The minimum absolute atomic E-state index is 0.214. The van der Waals surface area contributed by atoms with Crippen molar-refractivity contribution >= 4 is 53.8 Å². The molecule has 0 aliphatic carbocycles. The monoisotopic (exact) mass is 640 g/mol. The number of rotatable bonds is 5. The highest BCUT2D eigenvalue weighted by molar-refractivity contribution is 9.11. The first-order valence-electron chi connectivity index (χ1n) is 6.32. The zero-order chi connectivity index (χ0) is 23.2. The van der Waals surface area contributed by atoms with Crippen molar-refractivity contribution in [1.82, 2.24) is 0 Å². The first kappa shape index (κ1) is 26.4. The second-order valence-corrected chi connectivity index (χ2v) is 7.50. The summed E-state index contributed by atoms with van der Waals surface area (Å²) in [5, 5.41) is 0. The fourth-order valence-electron chi connectivity index (χ4n) is 1.41. The number of carbonyl (C=O) groups excluding carboxylic acids is 1. The Kier molecular flexibility index (Phi) is 7.37. The predicted octanol–water partition coefficient (Wildman–Crippen LogP) is 6.91. The van der Waals surface area contributed by atoms with Gasteiger partial charge in [-0.1, -0.05) is 15.9 Å².